The zero-order valence-corrected chi connectivity index (χ0v) is 17.1. The van der Waals surface area contributed by atoms with Crippen molar-refractivity contribution in [2.24, 2.45) is 11.8 Å². The topological polar surface area (TPSA) is 86.7 Å². The highest BCUT2D eigenvalue weighted by Crippen LogP contribution is 2.29. The second kappa shape index (κ2) is 11.4. The number of ketones is 2. The zero-order chi connectivity index (χ0) is 21.2. The van der Waals surface area contributed by atoms with Crippen LogP contribution in [0.1, 0.15) is 71.6 Å². The summed E-state index contributed by atoms with van der Waals surface area (Å²) in [5, 5.41) is 0. The molecule has 2 saturated carbocycles. The number of Topliss-reactive ketones (excluding diaryl/α,β-unsaturated/α-hetero) is 2. The molecule has 0 aromatic rings. The summed E-state index contributed by atoms with van der Waals surface area (Å²) >= 11 is 0. The lowest BCUT2D eigenvalue weighted by Gasteiger charge is -2.19. The molecule has 6 heteroatoms. The van der Waals surface area contributed by atoms with Crippen LogP contribution in [0.2, 0.25) is 0 Å². The predicted octanol–water partition coefficient (Wildman–Crippen LogP) is 2.77. The zero-order valence-electron chi connectivity index (χ0n) is 17.1. The fraction of sp³-hybridized carbons (Fsp3) is 0.652. The Morgan fingerprint density at radius 1 is 0.793 bits per heavy atom. The van der Waals surface area contributed by atoms with Crippen LogP contribution in [0.25, 0.3) is 0 Å². The van der Waals surface area contributed by atoms with Gasteiger partial charge in [-0.1, -0.05) is 13.8 Å². The Morgan fingerprint density at radius 3 is 1.59 bits per heavy atom. The minimum absolute atomic E-state index is 0.0382. The van der Waals surface area contributed by atoms with Crippen molar-refractivity contribution in [2.75, 3.05) is 0 Å². The molecule has 0 saturated heterocycles. The van der Waals surface area contributed by atoms with Crippen LogP contribution in [0.5, 0.6) is 0 Å². The van der Waals surface area contributed by atoms with Crippen LogP contribution < -0.4 is 0 Å². The lowest BCUT2D eigenvalue weighted by Crippen LogP contribution is -2.29. The molecular weight excluding hydrogens is 372 g/mol. The van der Waals surface area contributed by atoms with Crippen molar-refractivity contribution >= 4 is 23.5 Å². The minimum atomic E-state index is -0.713. The van der Waals surface area contributed by atoms with E-state index >= 15 is 0 Å². The molecule has 2 aliphatic carbocycles. The van der Waals surface area contributed by atoms with Crippen molar-refractivity contribution in [3.05, 3.63) is 0 Å². The molecule has 4 atom stereocenters. The molecule has 0 aromatic carbocycles. The number of carbonyl (C=O) groups excluding carboxylic acids is 4. The van der Waals surface area contributed by atoms with E-state index in [0.717, 1.165) is 0 Å². The van der Waals surface area contributed by atoms with E-state index in [2.05, 4.69) is 23.7 Å². The van der Waals surface area contributed by atoms with Gasteiger partial charge in [-0.15, -0.1) is 23.7 Å². The number of hydrogen-bond acceptors (Lipinski definition) is 6. The predicted molar refractivity (Wildman–Crippen MR) is 105 cm³/mol. The summed E-state index contributed by atoms with van der Waals surface area (Å²) in [6, 6.07) is 0. The Kier molecular flexibility index (Phi) is 8.93. The van der Waals surface area contributed by atoms with Gasteiger partial charge >= 0.3 is 11.9 Å². The average Bonchev–Trinajstić information content (AvgIpc) is 3.19. The molecular formula is C23H28O6. The van der Waals surface area contributed by atoms with Crippen molar-refractivity contribution in [2.45, 2.75) is 83.8 Å². The molecule has 0 aliphatic heterocycles. The molecule has 6 nitrogen and oxygen atoms in total. The maximum Gasteiger partial charge on any atom is 0.317 e. The second-order valence-corrected chi connectivity index (χ2v) is 7.28. The molecule has 0 spiro atoms. The maximum atomic E-state index is 12.2. The fourth-order valence-corrected chi connectivity index (χ4v) is 3.68. The van der Waals surface area contributed by atoms with Gasteiger partial charge in [0.25, 0.3) is 0 Å². The molecule has 0 aromatic heterocycles. The van der Waals surface area contributed by atoms with E-state index in [4.69, 9.17) is 9.47 Å². The van der Waals surface area contributed by atoms with E-state index in [-0.39, 0.29) is 11.6 Å². The monoisotopic (exact) mass is 400 g/mol. The van der Waals surface area contributed by atoms with Crippen LogP contribution in [0.4, 0.5) is 0 Å². The van der Waals surface area contributed by atoms with Crippen molar-refractivity contribution in [3.8, 4) is 23.7 Å². The van der Waals surface area contributed by atoms with Gasteiger partial charge in [-0.2, -0.15) is 0 Å². The van der Waals surface area contributed by atoms with Gasteiger partial charge in [-0.3, -0.25) is 19.2 Å². The molecule has 0 bridgehead atoms. The highest BCUT2D eigenvalue weighted by molar-refractivity contribution is 5.92. The van der Waals surface area contributed by atoms with E-state index in [0.29, 0.717) is 51.4 Å². The minimum Gasteiger partial charge on any atom is -0.461 e. The Hall–Kier alpha value is -2.60. The smallest absolute Gasteiger partial charge is 0.317 e. The molecule has 0 heterocycles. The van der Waals surface area contributed by atoms with Crippen molar-refractivity contribution in [1.82, 2.24) is 0 Å². The van der Waals surface area contributed by atoms with Crippen molar-refractivity contribution in [1.29, 1.82) is 0 Å². The third-order valence-electron chi connectivity index (χ3n) is 5.18. The highest BCUT2D eigenvalue weighted by Gasteiger charge is 2.39. The average molecular weight is 400 g/mol. The number of carbonyl (C=O) groups is 4. The summed E-state index contributed by atoms with van der Waals surface area (Å²) in [7, 11) is 0. The molecule has 2 fully saturated rings. The van der Waals surface area contributed by atoms with Gasteiger partial charge in [0.1, 0.15) is 30.2 Å². The van der Waals surface area contributed by atoms with Gasteiger partial charge in [0.05, 0.1) is 11.8 Å². The van der Waals surface area contributed by atoms with Crippen LogP contribution in [-0.2, 0) is 28.7 Å². The Morgan fingerprint density at radius 2 is 1.21 bits per heavy atom. The molecule has 0 N–H and O–H groups in total. The second-order valence-electron chi connectivity index (χ2n) is 7.28. The van der Waals surface area contributed by atoms with Crippen LogP contribution in [0.3, 0.4) is 0 Å². The fourth-order valence-electron chi connectivity index (χ4n) is 3.68. The molecule has 2 aliphatic rings. The van der Waals surface area contributed by atoms with E-state index in [1.165, 1.54) is 0 Å². The third kappa shape index (κ3) is 6.75. The van der Waals surface area contributed by atoms with E-state index < -0.39 is 42.4 Å². The summed E-state index contributed by atoms with van der Waals surface area (Å²) in [6.45, 7) is 3.84. The SMILES string of the molecule is CCC#CCC1C(=O)CCC1OC(=O)CC(=O)OC1CCC(=O)C1CC#CCC. The van der Waals surface area contributed by atoms with Crippen LogP contribution in [0, 0.1) is 35.5 Å². The number of hydrogen-bond donors (Lipinski definition) is 0. The van der Waals surface area contributed by atoms with E-state index in [1.807, 2.05) is 13.8 Å². The molecule has 29 heavy (non-hydrogen) atoms. The van der Waals surface area contributed by atoms with E-state index in [9.17, 15) is 19.2 Å². The van der Waals surface area contributed by atoms with Crippen molar-refractivity contribution in [3.63, 3.8) is 0 Å². The molecule has 0 amide bonds. The molecule has 0 radical (unpaired) electrons. The summed E-state index contributed by atoms with van der Waals surface area (Å²) in [6.07, 6.45) is 2.11. The van der Waals surface area contributed by atoms with Gasteiger partial charge < -0.3 is 9.47 Å². The maximum absolute atomic E-state index is 12.2. The normalized spacial score (nSPS) is 25.6. The first-order valence-electron chi connectivity index (χ1n) is 10.3. The van der Waals surface area contributed by atoms with Gasteiger partial charge in [0, 0.05) is 38.5 Å². The van der Waals surface area contributed by atoms with Crippen LogP contribution >= 0.6 is 0 Å². The number of esters is 2. The van der Waals surface area contributed by atoms with Gasteiger partial charge in [0.2, 0.25) is 0 Å². The van der Waals surface area contributed by atoms with Gasteiger partial charge in [-0.05, 0) is 12.8 Å². The standard InChI is InChI=1S/C23H28O6/c1-3-5-7-9-16-18(24)11-13-20(16)28-22(26)15-23(27)29-21-14-12-19(25)17(21)10-8-6-4-2/h16-17,20-21H,3-4,9-15H2,1-2H3. The molecule has 2 rings (SSSR count). The van der Waals surface area contributed by atoms with Gasteiger partial charge in [0.15, 0.2) is 0 Å². The third-order valence-corrected chi connectivity index (χ3v) is 5.18. The Bertz CT molecular complexity index is 696. The molecule has 156 valence electrons. The van der Waals surface area contributed by atoms with Crippen LogP contribution in [0.15, 0.2) is 0 Å². The largest absolute Gasteiger partial charge is 0.461 e. The van der Waals surface area contributed by atoms with Crippen LogP contribution in [-0.4, -0.2) is 35.7 Å². The van der Waals surface area contributed by atoms with E-state index in [1.54, 1.807) is 0 Å². The Balaban J connectivity index is 1.84. The van der Waals surface area contributed by atoms with Gasteiger partial charge in [-0.25, -0.2) is 0 Å². The first-order valence-corrected chi connectivity index (χ1v) is 10.3. The summed E-state index contributed by atoms with van der Waals surface area (Å²) in [5.74, 6) is 9.49. The first kappa shape index (κ1) is 22.7. The van der Waals surface area contributed by atoms with Crippen molar-refractivity contribution < 1.29 is 28.7 Å². The first-order chi connectivity index (χ1) is 14.0. The highest BCUT2D eigenvalue weighted by atomic mass is 16.6. The number of rotatable bonds is 6. The lowest BCUT2D eigenvalue weighted by molar-refractivity contribution is -0.162. The quantitative estimate of drug-likeness (QED) is 0.387. The number of ether oxygens (including phenoxy) is 2. The lowest BCUT2D eigenvalue weighted by atomic mass is 10.0. The molecule has 4 unspecified atom stereocenters. The summed E-state index contributed by atoms with van der Waals surface area (Å²) in [4.78, 5) is 48.3. The summed E-state index contributed by atoms with van der Waals surface area (Å²) in [5.41, 5.74) is 0. The Labute approximate surface area is 172 Å². The summed E-state index contributed by atoms with van der Waals surface area (Å²) < 4.78 is 10.7.